The maximum atomic E-state index is 6.07. The van der Waals surface area contributed by atoms with Gasteiger partial charge in [0.2, 0.25) is 5.88 Å². The number of rotatable bonds is 6. The van der Waals surface area contributed by atoms with Gasteiger partial charge >= 0.3 is 0 Å². The summed E-state index contributed by atoms with van der Waals surface area (Å²) in [5.74, 6) is 0.510. The maximum Gasteiger partial charge on any atom is 0.232 e. The largest absolute Gasteiger partial charge is 0.474 e. The van der Waals surface area contributed by atoms with Crippen molar-refractivity contribution in [3.8, 4) is 5.88 Å². The van der Waals surface area contributed by atoms with Gasteiger partial charge in [-0.25, -0.2) is 4.98 Å². The van der Waals surface area contributed by atoms with Gasteiger partial charge in [0.15, 0.2) is 0 Å². The van der Waals surface area contributed by atoms with Crippen molar-refractivity contribution in [1.82, 2.24) is 10.3 Å². The molecule has 1 aromatic rings. The minimum atomic E-state index is 0.0917. The molecule has 1 heterocycles. The van der Waals surface area contributed by atoms with E-state index in [1.165, 1.54) is 0 Å². The molecule has 0 radical (unpaired) electrons. The zero-order valence-electron chi connectivity index (χ0n) is 10.1. The molecule has 0 spiro atoms. The molecule has 0 aromatic carbocycles. The summed E-state index contributed by atoms with van der Waals surface area (Å²) in [6.07, 6.45) is 3.01. The Morgan fingerprint density at radius 2 is 2.25 bits per heavy atom. The van der Waals surface area contributed by atoms with E-state index in [4.69, 9.17) is 16.3 Å². The Balaban J connectivity index is 2.60. The van der Waals surface area contributed by atoms with Crippen LogP contribution in [0.2, 0.25) is 5.02 Å². The van der Waals surface area contributed by atoms with Crippen molar-refractivity contribution in [2.45, 2.75) is 39.8 Å². The maximum absolute atomic E-state index is 6.07. The summed E-state index contributed by atoms with van der Waals surface area (Å²) in [4.78, 5) is 4.20. The van der Waals surface area contributed by atoms with Crippen LogP contribution in [-0.4, -0.2) is 17.6 Å². The van der Waals surface area contributed by atoms with E-state index in [-0.39, 0.29) is 6.10 Å². The number of hydrogen-bond acceptors (Lipinski definition) is 3. The summed E-state index contributed by atoms with van der Waals surface area (Å²) in [5.41, 5.74) is 1.08. The molecule has 16 heavy (non-hydrogen) atoms. The molecule has 0 bridgehead atoms. The number of nitrogens with one attached hydrogen (secondary N) is 1. The average molecular weight is 243 g/mol. The smallest absolute Gasteiger partial charge is 0.232 e. The van der Waals surface area contributed by atoms with Gasteiger partial charge in [0, 0.05) is 12.7 Å². The first kappa shape index (κ1) is 13.3. The van der Waals surface area contributed by atoms with Gasteiger partial charge in [-0.2, -0.15) is 0 Å². The lowest BCUT2D eigenvalue weighted by atomic mass is 10.3. The highest BCUT2D eigenvalue weighted by atomic mass is 35.5. The number of aromatic nitrogens is 1. The van der Waals surface area contributed by atoms with Gasteiger partial charge in [-0.05, 0) is 38.4 Å². The van der Waals surface area contributed by atoms with Crippen LogP contribution in [-0.2, 0) is 6.54 Å². The van der Waals surface area contributed by atoms with E-state index >= 15 is 0 Å². The molecule has 1 N–H and O–H groups in total. The lowest BCUT2D eigenvalue weighted by Gasteiger charge is -2.11. The summed E-state index contributed by atoms with van der Waals surface area (Å²) in [6, 6.07) is 1.90. The number of nitrogens with zero attached hydrogens (tertiary/aromatic N) is 1. The number of ether oxygens (including phenoxy) is 1. The van der Waals surface area contributed by atoms with Crippen molar-refractivity contribution in [3.05, 3.63) is 22.8 Å². The number of hydrogen-bond donors (Lipinski definition) is 1. The Morgan fingerprint density at radius 1 is 1.50 bits per heavy atom. The van der Waals surface area contributed by atoms with Gasteiger partial charge in [-0.1, -0.05) is 18.5 Å². The third-order valence-corrected chi connectivity index (χ3v) is 2.24. The fraction of sp³-hybridized carbons (Fsp3) is 0.583. The van der Waals surface area contributed by atoms with Crippen molar-refractivity contribution in [1.29, 1.82) is 0 Å². The van der Waals surface area contributed by atoms with E-state index in [0.29, 0.717) is 10.9 Å². The summed E-state index contributed by atoms with van der Waals surface area (Å²) in [5, 5.41) is 3.87. The van der Waals surface area contributed by atoms with E-state index < -0.39 is 0 Å². The van der Waals surface area contributed by atoms with Gasteiger partial charge in [-0.3, -0.25) is 0 Å². The Hall–Kier alpha value is -0.800. The molecule has 1 aromatic heterocycles. The Kier molecular flexibility index (Phi) is 5.56. The summed E-state index contributed by atoms with van der Waals surface area (Å²) < 4.78 is 5.46. The van der Waals surface area contributed by atoms with Crippen molar-refractivity contribution < 1.29 is 4.74 Å². The van der Waals surface area contributed by atoms with Crippen LogP contribution >= 0.6 is 11.6 Å². The highest BCUT2D eigenvalue weighted by Gasteiger charge is 2.06. The molecule has 0 unspecified atom stereocenters. The predicted molar refractivity (Wildman–Crippen MR) is 67.0 cm³/mol. The van der Waals surface area contributed by atoms with Crippen molar-refractivity contribution >= 4 is 11.6 Å². The van der Waals surface area contributed by atoms with Crippen LogP contribution in [0.3, 0.4) is 0 Å². The van der Waals surface area contributed by atoms with Crippen molar-refractivity contribution in [3.63, 3.8) is 0 Å². The molecule has 0 aliphatic carbocycles. The molecule has 90 valence electrons. The van der Waals surface area contributed by atoms with Gasteiger partial charge in [0.1, 0.15) is 5.02 Å². The molecule has 0 saturated carbocycles. The Bertz CT molecular complexity index is 329. The molecule has 3 nitrogen and oxygen atoms in total. The zero-order chi connectivity index (χ0) is 12.0. The average Bonchev–Trinajstić information content (AvgIpc) is 2.22. The molecule has 1 rings (SSSR count). The van der Waals surface area contributed by atoms with Crippen LogP contribution in [0.1, 0.15) is 32.8 Å². The van der Waals surface area contributed by atoms with E-state index in [2.05, 4.69) is 17.2 Å². The standard InChI is InChI=1S/C12H19ClN2O/c1-4-5-14-7-10-6-11(13)12(15-8-10)16-9(2)3/h6,8-9,14H,4-5,7H2,1-3H3. The lowest BCUT2D eigenvalue weighted by molar-refractivity contribution is 0.232. The fourth-order valence-corrected chi connectivity index (χ4v) is 1.51. The minimum Gasteiger partial charge on any atom is -0.474 e. The number of halogens is 1. The normalized spacial score (nSPS) is 10.8. The monoisotopic (exact) mass is 242 g/mol. The third kappa shape index (κ3) is 4.37. The molecule has 0 amide bonds. The highest BCUT2D eigenvalue weighted by Crippen LogP contribution is 2.23. The molecular weight excluding hydrogens is 224 g/mol. The third-order valence-electron chi connectivity index (χ3n) is 1.97. The topological polar surface area (TPSA) is 34.2 Å². The Labute approximate surface area is 102 Å². The lowest BCUT2D eigenvalue weighted by Crippen LogP contribution is -2.14. The van der Waals surface area contributed by atoms with E-state index in [0.717, 1.165) is 25.1 Å². The zero-order valence-corrected chi connectivity index (χ0v) is 10.8. The van der Waals surface area contributed by atoms with E-state index in [9.17, 15) is 0 Å². The second-order valence-corrected chi connectivity index (χ2v) is 4.38. The van der Waals surface area contributed by atoms with Gasteiger partial charge in [-0.15, -0.1) is 0 Å². The van der Waals surface area contributed by atoms with Crippen LogP contribution in [0.4, 0.5) is 0 Å². The predicted octanol–water partition coefficient (Wildman–Crippen LogP) is 3.02. The molecule has 0 fully saturated rings. The first-order valence-electron chi connectivity index (χ1n) is 5.65. The van der Waals surface area contributed by atoms with Crippen molar-refractivity contribution in [2.24, 2.45) is 0 Å². The Morgan fingerprint density at radius 3 is 2.81 bits per heavy atom. The van der Waals surface area contributed by atoms with Gasteiger partial charge in [0.05, 0.1) is 6.10 Å². The van der Waals surface area contributed by atoms with Crippen LogP contribution in [0.5, 0.6) is 5.88 Å². The van der Waals surface area contributed by atoms with E-state index in [1.807, 2.05) is 19.9 Å². The SMILES string of the molecule is CCCNCc1cnc(OC(C)C)c(Cl)c1. The first-order valence-corrected chi connectivity index (χ1v) is 6.03. The van der Waals surface area contributed by atoms with Crippen LogP contribution in [0.25, 0.3) is 0 Å². The highest BCUT2D eigenvalue weighted by molar-refractivity contribution is 6.31. The minimum absolute atomic E-state index is 0.0917. The quantitative estimate of drug-likeness (QED) is 0.779. The molecule has 0 aliphatic rings. The first-order chi connectivity index (χ1) is 7.63. The number of pyridine rings is 1. The van der Waals surface area contributed by atoms with Crippen molar-refractivity contribution in [2.75, 3.05) is 6.54 Å². The second kappa shape index (κ2) is 6.71. The van der Waals surface area contributed by atoms with Crippen LogP contribution < -0.4 is 10.1 Å². The van der Waals surface area contributed by atoms with Crippen LogP contribution in [0.15, 0.2) is 12.3 Å². The molecule has 0 atom stereocenters. The molecule has 0 saturated heterocycles. The molecule has 4 heteroatoms. The van der Waals surface area contributed by atoms with Crippen LogP contribution in [0, 0.1) is 0 Å². The van der Waals surface area contributed by atoms with E-state index in [1.54, 1.807) is 6.20 Å². The molecular formula is C12H19ClN2O. The second-order valence-electron chi connectivity index (χ2n) is 3.97. The van der Waals surface area contributed by atoms with Gasteiger partial charge in [0.25, 0.3) is 0 Å². The summed E-state index contributed by atoms with van der Waals surface area (Å²) in [7, 11) is 0. The summed E-state index contributed by atoms with van der Waals surface area (Å²) in [6.45, 7) is 7.84. The fourth-order valence-electron chi connectivity index (χ4n) is 1.28. The summed E-state index contributed by atoms with van der Waals surface area (Å²) >= 11 is 6.07. The molecule has 0 aliphatic heterocycles. The van der Waals surface area contributed by atoms with Gasteiger partial charge < -0.3 is 10.1 Å².